The molecular weight excluding hydrogens is 266 g/mol. The van der Waals surface area contributed by atoms with Crippen molar-refractivity contribution in [2.45, 2.75) is 58.9 Å². The largest absolute Gasteiger partial charge is 0.461 e. The standard InChI is InChI=1S/C16H25N3O2/c1-3-5-14-15(16(20)21-4-2)17-18-19(14)10-13-9-11-6-7-12(13)8-11/h11-13H,3-10H2,1-2H3. The number of esters is 1. The monoisotopic (exact) mass is 291 g/mol. The Morgan fingerprint density at radius 1 is 1.33 bits per heavy atom. The average molecular weight is 291 g/mol. The Morgan fingerprint density at radius 3 is 2.81 bits per heavy atom. The van der Waals surface area contributed by atoms with E-state index in [2.05, 4.69) is 17.2 Å². The van der Waals surface area contributed by atoms with E-state index >= 15 is 0 Å². The molecule has 3 rings (SSSR count). The molecule has 21 heavy (non-hydrogen) atoms. The fraction of sp³-hybridized carbons (Fsp3) is 0.812. The van der Waals surface area contributed by atoms with Gasteiger partial charge in [-0.25, -0.2) is 9.48 Å². The van der Waals surface area contributed by atoms with Gasteiger partial charge in [-0.3, -0.25) is 0 Å². The Bertz CT molecular complexity index is 512. The van der Waals surface area contributed by atoms with E-state index < -0.39 is 0 Å². The van der Waals surface area contributed by atoms with Crippen LogP contribution in [-0.4, -0.2) is 27.6 Å². The minimum atomic E-state index is -0.333. The molecule has 0 N–H and O–H groups in total. The van der Waals surface area contributed by atoms with E-state index in [4.69, 9.17) is 4.74 Å². The summed E-state index contributed by atoms with van der Waals surface area (Å²) in [6.45, 7) is 5.23. The van der Waals surface area contributed by atoms with Crippen LogP contribution in [0.2, 0.25) is 0 Å². The van der Waals surface area contributed by atoms with Gasteiger partial charge in [-0.05, 0) is 50.4 Å². The van der Waals surface area contributed by atoms with Gasteiger partial charge in [-0.15, -0.1) is 5.10 Å². The summed E-state index contributed by atoms with van der Waals surface area (Å²) in [7, 11) is 0. The number of aromatic nitrogens is 3. The van der Waals surface area contributed by atoms with Gasteiger partial charge in [-0.1, -0.05) is 25.0 Å². The van der Waals surface area contributed by atoms with Crippen molar-refractivity contribution in [2.24, 2.45) is 17.8 Å². The molecule has 1 aromatic rings. The number of hydrogen-bond acceptors (Lipinski definition) is 4. The van der Waals surface area contributed by atoms with Crippen molar-refractivity contribution in [3.05, 3.63) is 11.4 Å². The first kappa shape index (κ1) is 14.5. The number of rotatable bonds is 6. The Labute approximate surface area is 126 Å². The van der Waals surface area contributed by atoms with Crippen molar-refractivity contribution < 1.29 is 9.53 Å². The molecule has 3 unspecified atom stereocenters. The number of hydrogen-bond donors (Lipinski definition) is 0. The molecule has 0 saturated heterocycles. The summed E-state index contributed by atoms with van der Waals surface area (Å²) >= 11 is 0. The van der Waals surface area contributed by atoms with Gasteiger partial charge in [0.15, 0.2) is 5.69 Å². The third-order valence-electron chi connectivity index (χ3n) is 5.09. The van der Waals surface area contributed by atoms with Gasteiger partial charge in [0, 0.05) is 6.54 Å². The van der Waals surface area contributed by atoms with E-state index in [9.17, 15) is 4.79 Å². The Balaban J connectivity index is 1.76. The van der Waals surface area contributed by atoms with E-state index in [1.807, 2.05) is 11.6 Å². The molecule has 1 heterocycles. The van der Waals surface area contributed by atoms with Gasteiger partial charge in [0.1, 0.15) is 0 Å². The van der Waals surface area contributed by atoms with Crippen LogP contribution < -0.4 is 0 Å². The zero-order valence-corrected chi connectivity index (χ0v) is 13.0. The molecule has 5 nitrogen and oxygen atoms in total. The molecule has 116 valence electrons. The predicted octanol–water partition coefficient (Wildman–Crippen LogP) is 2.84. The quantitative estimate of drug-likeness (QED) is 0.756. The minimum absolute atomic E-state index is 0.333. The summed E-state index contributed by atoms with van der Waals surface area (Å²) in [4.78, 5) is 12.0. The van der Waals surface area contributed by atoms with Crippen molar-refractivity contribution in [1.82, 2.24) is 15.0 Å². The second-order valence-corrected chi connectivity index (χ2v) is 6.47. The van der Waals surface area contributed by atoms with E-state index in [-0.39, 0.29) is 5.97 Å². The van der Waals surface area contributed by atoms with E-state index in [1.54, 1.807) is 0 Å². The highest BCUT2D eigenvalue weighted by Crippen LogP contribution is 2.48. The third kappa shape index (κ3) is 2.83. The first-order valence-electron chi connectivity index (χ1n) is 8.32. The SMILES string of the molecule is CCCc1c(C(=O)OCC)nnn1CC1CC2CCC1C2. The van der Waals surface area contributed by atoms with Gasteiger partial charge < -0.3 is 4.74 Å². The van der Waals surface area contributed by atoms with Crippen LogP contribution in [0.15, 0.2) is 0 Å². The lowest BCUT2D eigenvalue weighted by Gasteiger charge is -2.22. The van der Waals surface area contributed by atoms with Crippen LogP contribution in [0.4, 0.5) is 0 Å². The summed E-state index contributed by atoms with van der Waals surface area (Å²) in [6.07, 6.45) is 7.32. The van der Waals surface area contributed by atoms with Crippen LogP contribution in [0.1, 0.15) is 62.1 Å². The second-order valence-electron chi connectivity index (χ2n) is 6.47. The molecule has 2 bridgehead atoms. The molecule has 2 aliphatic carbocycles. The molecule has 2 fully saturated rings. The van der Waals surface area contributed by atoms with Crippen molar-refractivity contribution in [3.63, 3.8) is 0 Å². The summed E-state index contributed by atoms with van der Waals surface area (Å²) in [5.74, 6) is 2.18. The molecular formula is C16H25N3O2. The molecule has 1 aromatic heterocycles. The number of ether oxygens (including phenoxy) is 1. The van der Waals surface area contributed by atoms with Crippen molar-refractivity contribution in [1.29, 1.82) is 0 Å². The first-order valence-corrected chi connectivity index (χ1v) is 8.32. The topological polar surface area (TPSA) is 57.0 Å². The van der Waals surface area contributed by atoms with E-state index in [1.165, 1.54) is 25.7 Å². The fourth-order valence-corrected chi connectivity index (χ4v) is 4.14. The normalized spacial score (nSPS) is 27.2. The van der Waals surface area contributed by atoms with Crippen molar-refractivity contribution in [3.8, 4) is 0 Å². The highest BCUT2D eigenvalue weighted by Gasteiger charge is 2.40. The van der Waals surface area contributed by atoms with Gasteiger partial charge in [0.05, 0.1) is 12.3 Å². The zero-order chi connectivity index (χ0) is 14.8. The van der Waals surface area contributed by atoms with Crippen LogP contribution in [0.5, 0.6) is 0 Å². The zero-order valence-electron chi connectivity index (χ0n) is 13.0. The van der Waals surface area contributed by atoms with Crippen molar-refractivity contribution >= 4 is 5.97 Å². The van der Waals surface area contributed by atoms with E-state index in [0.717, 1.165) is 42.8 Å². The molecule has 2 saturated carbocycles. The number of carbonyl (C=O) groups excluding carboxylic acids is 1. The third-order valence-corrected chi connectivity index (χ3v) is 5.09. The molecule has 0 aliphatic heterocycles. The van der Waals surface area contributed by atoms with Crippen LogP contribution in [0.3, 0.4) is 0 Å². The fourth-order valence-electron chi connectivity index (χ4n) is 4.14. The van der Waals surface area contributed by atoms with Gasteiger partial charge in [-0.2, -0.15) is 0 Å². The maximum atomic E-state index is 12.0. The molecule has 3 atom stereocenters. The molecule has 0 amide bonds. The van der Waals surface area contributed by atoms with Crippen LogP contribution in [-0.2, 0) is 17.7 Å². The maximum Gasteiger partial charge on any atom is 0.360 e. The van der Waals surface area contributed by atoms with Crippen LogP contribution in [0.25, 0.3) is 0 Å². The Hall–Kier alpha value is -1.39. The number of nitrogens with zero attached hydrogens (tertiary/aromatic N) is 3. The Kier molecular flexibility index (Phi) is 4.27. The summed E-state index contributed by atoms with van der Waals surface area (Å²) in [5.41, 5.74) is 1.38. The summed E-state index contributed by atoms with van der Waals surface area (Å²) < 4.78 is 7.07. The van der Waals surface area contributed by atoms with Crippen LogP contribution >= 0.6 is 0 Å². The first-order chi connectivity index (χ1) is 10.2. The second kappa shape index (κ2) is 6.16. The van der Waals surface area contributed by atoms with E-state index in [0.29, 0.717) is 12.3 Å². The Morgan fingerprint density at radius 2 is 2.19 bits per heavy atom. The lowest BCUT2D eigenvalue weighted by Crippen LogP contribution is -2.20. The minimum Gasteiger partial charge on any atom is -0.461 e. The highest BCUT2D eigenvalue weighted by molar-refractivity contribution is 5.88. The lowest BCUT2D eigenvalue weighted by molar-refractivity contribution is 0.0518. The number of fused-ring (bicyclic) bond motifs is 2. The molecule has 0 radical (unpaired) electrons. The van der Waals surface area contributed by atoms with Gasteiger partial charge >= 0.3 is 5.97 Å². The van der Waals surface area contributed by atoms with Gasteiger partial charge in [0.25, 0.3) is 0 Å². The van der Waals surface area contributed by atoms with Gasteiger partial charge in [0.2, 0.25) is 0 Å². The smallest absolute Gasteiger partial charge is 0.360 e. The van der Waals surface area contributed by atoms with Crippen molar-refractivity contribution in [2.75, 3.05) is 6.61 Å². The maximum absolute atomic E-state index is 12.0. The highest BCUT2D eigenvalue weighted by atomic mass is 16.5. The number of carbonyl (C=O) groups is 1. The molecule has 0 aromatic carbocycles. The summed E-state index contributed by atoms with van der Waals surface area (Å²) in [5, 5.41) is 8.35. The van der Waals surface area contributed by atoms with Crippen LogP contribution in [0, 0.1) is 17.8 Å². The lowest BCUT2D eigenvalue weighted by atomic mass is 9.89. The molecule has 0 spiro atoms. The average Bonchev–Trinajstić information content (AvgIpc) is 3.16. The summed E-state index contributed by atoms with van der Waals surface area (Å²) in [6, 6.07) is 0. The molecule has 2 aliphatic rings. The predicted molar refractivity (Wildman–Crippen MR) is 78.9 cm³/mol. The molecule has 5 heteroatoms.